The van der Waals surface area contributed by atoms with Crippen molar-refractivity contribution in [2.45, 2.75) is 35.9 Å². The van der Waals surface area contributed by atoms with Gasteiger partial charge in [0.1, 0.15) is 5.75 Å². The molecule has 6 heteroatoms. The van der Waals surface area contributed by atoms with Gasteiger partial charge in [-0.25, -0.2) is 0 Å². The molecule has 0 saturated carbocycles. The highest BCUT2D eigenvalue weighted by molar-refractivity contribution is 6.30. The maximum absolute atomic E-state index is 14.5. The van der Waals surface area contributed by atoms with Gasteiger partial charge in [-0.15, -0.1) is 0 Å². The molecular formula is C27H21ClN2O3. The summed E-state index contributed by atoms with van der Waals surface area (Å²) in [5, 5.41) is 3.72. The number of carbonyl (C=O) groups excluding carboxylic acids is 2. The predicted octanol–water partition coefficient (Wildman–Crippen LogP) is 4.76. The van der Waals surface area contributed by atoms with Crippen molar-refractivity contribution in [3.05, 3.63) is 94.5 Å². The highest BCUT2D eigenvalue weighted by atomic mass is 35.5. The number of benzene rings is 3. The van der Waals surface area contributed by atoms with Crippen LogP contribution in [-0.4, -0.2) is 34.8 Å². The summed E-state index contributed by atoms with van der Waals surface area (Å²) < 4.78 is 6.78. The maximum Gasteiger partial charge on any atom is 0.254 e. The molecule has 1 amide bonds. The van der Waals surface area contributed by atoms with E-state index in [4.69, 9.17) is 16.3 Å². The summed E-state index contributed by atoms with van der Waals surface area (Å²) in [4.78, 5) is 30.8. The second-order valence-corrected chi connectivity index (χ2v) is 9.74. The summed E-state index contributed by atoms with van der Waals surface area (Å²) in [5.74, 6) is -0.0965. The largest absolute Gasteiger partial charge is 0.475 e. The zero-order valence-electron chi connectivity index (χ0n) is 17.8. The number of anilines is 1. The fraction of sp³-hybridized carbons (Fsp3) is 0.259. The summed E-state index contributed by atoms with van der Waals surface area (Å²) >= 11 is 6.22. The van der Waals surface area contributed by atoms with Gasteiger partial charge in [-0.3, -0.25) is 14.5 Å². The van der Waals surface area contributed by atoms with E-state index in [0.29, 0.717) is 16.3 Å². The molecule has 2 spiro atoms. The fourth-order valence-electron chi connectivity index (χ4n) is 6.89. The number of hydrogen-bond donors (Lipinski definition) is 1. The number of nitrogens with zero attached hydrogens (tertiary/aromatic N) is 1. The fourth-order valence-corrected chi connectivity index (χ4v) is 7.02. The summed E-state index contributed by atoms with van der Waals surface area (Å²) in [6, 6.07) is 22.7. The molecule has 33 heavy (non-hydrogen) atoms. The minimum atomic E-state index is -1.41. The van der Waals surface area contributed by atoms with Gasteiger partial charge in [0.25, 0.3) is 5.91 Å². The first-order valence-corrected chi connectivity index (χ1v) is 11.7. The third-order valence-electron chi connectivity index (χ3n) is 7.95. The molecule has 0 aliphatic carbocycles. The highest BCUT2D eigenvalue weighted by Crippen LogP contribution is 2.66. The average molecular weight is 457 g/mol. The van der Waals surface area contributed by atoms with Crippen LogP contribution < -0.4 is 10.1 Å². The minimum absolute atomic E-state index is 0.0126. The van der Waals surface area contributed by atoms with E-state index >= 15 is 0 Å². The summed E-state index contributed by atoms with van der Waals surface area (Å²) in [5.41, 5.74) is 0.411. The standard InChI is InChI=1S/C27H21ClN2O3/c28-17-13-11-16(12-14-17)23-21-9-5-15-30(21)26(19-7-2-3-8-20(19)29-25(26)32)27(23)24(31)18-6-1-4-10-22(18)33-27/h1-4,6-8,10-14,21,23H,5,9,15H2,(H,29,32). The highest BCUT2D eigenvalue weighted by Gasteiger charge is 2.81. The van der Waals surface area contributed by atoms with Crippen LogP contribution in [0.25, 0.3) is 0 Å². The van der Waals surface area contributed by atoms with Crippen LogP contribution >= 0.6 is 11.6 Å². The number of Topliss-reactive ketones (excluding diaryl/α,β-unsaturated/α-hetero) is 1. The SMILES string of the molecule is O=C1c2ccccc2OC12C(c1ccc(Cl)cc1)C1CCCN1C21C(=O)Nc2ccccc21. The summed E-state index contributed by atoms with van der Waals surface area (Å²) in [6.45, 7) is 0.727. The molecule has 4 atom stereocenters. The second-order valence-electron chi connectivity index (χ2n) is 9.31. The van der Waals surface area contributed by atoms with Gasteiger partial charge < -0.3 is 10.1 Å². The maximum atomic E-state index is 14.5. The summed E-state index contributed by atoms with van der Waals surface area (Å²) in [6.07, 6.45) is 1.85. The van der Waals surface area contributed by atoms with Gasteiger partial charge in [0.2, 0.25) is 11.4 Å². The molecule has 4 aliphatic heterocycles. The number of ether oxygens (including phenoxy) is 1. The van der Waals surface area contributed by atoms with E-state index in [2.05, 4.69) is 10.2 Å². The molecular weight excluding hydrogens is 436 g/mol. The van der Waals surface area contributed by atoms with E-state index in [1.165, 1.54) is 0 Å². The quantitative estimate of drug-likeness (QED) is 0.573. The molecule has 4 aliphatic rings. The Bertz CT molecular complexity index is 1340. The number of hydrogen-bond acceptors (Lipinski definition) is 4. The topological polar surface area (TPSA) is 58.6 Å². The lowest BCUT2D eigenvalue weighted by atomic mass is 9.65. The minimum Gasteiger partial charge on any atom is -0.475 e. The van der Waals surface area contributed by atoms with Crippen LogP contribution in [0.4, 0.5) is 5.69 Å². The third-order valence-corrected chi connectivity index (χ3v) is 8.21. The van der Waals surface area contributed by atoms with Gasteiger partial charge in [0.15, 0.2) is 5.54 Å². The van der Waals surface area contributed by atoms with E-state index in [-0.39, 0.29) is 23.7 Å². The molecule has 0 radical (unpaired) electrons. The number of rotatable bonds is 1. The van der Waals surface area contributed by atoms with Gasteiger partial charge >= 0.3 is 0 Å². The van der Waals surface area contributed by atoms with E-state index < -0.39 is 11.1 Å². The molecule has 0 bridgehead atoms. The number of fused-ring (bicyclic) bond motifs is 6. The molecule has 3 aromatic carbocycles. The molecule has 2 saturated heterocycles. The van der Waals surface area contributed by atoms with Crippen molar-refractivity contribution in [3.8, 4) is 5.75 Å². The lowest BCUT2D eigenvalue weighted by Gasteiger charge is -2.43. The smallest absolute Gasteiger partial charge is 0.254 e. The van der Waals surface area contributed by atoms with Crippen LogP contribution in [0.1, 0.15) is 40.2 Å². The Morgan fingerprint density at radius 2 is 1.73 bits per heavy atom. The van der Waals surface area contributed by atoms with E-state index in [9.17, 15) is 9.59 Å². The number of ketones is 1. The Labute approximate surface area is 196 Å². The van der Waals surface area contributed by atoms with Gasteiger partial charge in [-0.1, -0.05) is 54.1 Å². The first-order chi connectivity index (χ1) is 16.1. The first-order valence-electron chi connectivity index (χ1n) is 11.3. The van der Waals surface area contributed by atoms with Gasteiger partial charge in [-0.05, 0) is 48.7 Å². The predicted molar refractivity (Wildman–Crippen MR) is 125 cm³/mol. The summed E-state index contributed by atoms with van der Waals surface area (Å²) in [7, 11) is 0. The molecule has 4 heterocycles. The van der Waals surface area contributed by atoms with Crippen LogP contribution in [0.15, 0.2) is 72.8 Å². The number of carbonyl (C=O) groups is 2. The number of para-hydroxylation sites is 2. The average Bonchev–Trinajstić information content (AvgIpc) is 3.54. The first kappa shape index (κ1) is 19.3. The van der Waals surface area contributed by atoms with Gasteiger partial charge in [0, 0.05) is 34.8 Å². The zero-order valence-corrected chi connectivity index (χ0v) is 18.5. The molecule has 2 fully saturated rings. The number of nitrogens with one attached hydrogen (secondary N) is 1. The number of amides is 1. The van der Waals surface area contributed by atoms with Crippen molar-refractivity contribution in [3.63, 3.8) is 0 Å². The monoisotopic (exact) mass is 456 g/mol. The third kappa shape index (κ3) is 2.13. The Hall–Kier alpha value is -3.15. The molecule has 5 nitrogen and oxygen atoms in total. The van der Waals surface area contributed by atoms with E-state index in [0.717, 1.165) is 36.2 Å². The van der Waals surface area contributed by atoms with Gasteiger partial charge in [-0.2, -0.15) is 0 Å². The van der Waals surface area contributed by atoms with Crippen molar-refractivity contribution in [2.75, 3.05) is 11.9 Å². The molecule has 1 N–H and O–H groups in total. The Balaban J connectivity index is 1.58. The van der Waals surface area contributed by atoms with Crippen molar-refractivity contribution >= 4 is 29.0 Å². The van der Waals surface area contributed by atoms with Crippen molar-refractivity contribution in [1.82, 2.24) is 4.90 Å². The molecule has 3 aromatic rings. The lowest BCUT2D eigenvalue weighted by Crippen LogP contribution is -2.65. The Morgan fingerprint density at radius 3 is 2.55 bits per heavy atom. The van der Waals surface area contributed by atoms with Crippen molar-refractivity contribution < 1.29 is 14.3 Å². The van der Waals surface area contributed by atoms with E-state index in [1.807, 2.05) is 66.7 Å². The zero-order chi connectivity index (χ0) is 22.4. The molecule has 7 rings (SSSR count). The van der Waals surface area contributed by atoms with Crippen LogP contribution in [-0.2, 0) is 10.3 Å². The van der Waals surface area contributed by atoms with Crippen LogP contribution in [0, 0.1) is 0 Å². The molecule has 0 aromatic heterocycles. The van der Waals surface area contributed by atoms with Crippen molar-refractivity contribution in [1.29, 1.82) is 0 Å². The molecule has 164 valence electrons. The van der Waals surface area contributed by atoms with Crippen LogP contribution in [0.5, 0.6) is 5.75 Å². The molecule has 4 unspecified atom stereocenters. The Kier molecular flexibility index (Phi) is 3.78. The Morgan fingerprint density at radius 1 is 0.970 bits per heavy atom. The van der Waals surface area contributed by atoms with E-state index in [1.54, 1.807) is 6.07 Å². The van der Waals surface area contributed by atoms with Gasteiger partial charge in [0.05, 0.1) is 5.56 Å². The van der Waals surface area contributed by atoms with Crippen molar-refractivity contribution in [2.24, 2.45) is 0 Å². The normalized spacial score (nSPS) is 31.5. The van der Waals surface area contributed by atoms with Crippen LogP contribution in [0.3, 0.4) is 0 Å². The number of halogens is 1. The van der Waals surface area contributed by atoms with Crippen LogP contribution in [0.2, 0.25) is 5.02 Å². The second kappa shape index (κ2) is 6.46. The lowest BCUT2D eigenvalue weighted by molar-refractivity contribution is -0.134.